The Hall–Kier alpha value is -4.44. The minimum absolute atomic E-state index is 0.0374. The van der Waals surface area contributed by atoms with Crippen molar-refractivity contribution in [1.29, 1.82) is 0 Å². The molecule has 3 aromatic carbocycles. The normalized spacial score (nSPS) is 13.8. The van der Waals surface area contributed by atoms with Gasteiger partial charge in [0.25, 0.3) is 0 Å². The average Bonchev–Trinajstić information content (AvgIpc) is 2.93. The van der Waals surface area contributed by atoms with Crippen molar-refractivity contribution in [2.75, 3.05) is 0 Å². The van der Waals surface area contributed by atoms with E-state index in [1.54, 1.807) is 54.6 Å². The first-order chi connectivity index (χ1) is 19.1. The van der Waals surface area contributed by atoms with Crippen molar-refractivity contribution in [2.45, 2.75) is 31.5 Å². The van der Waals surface area contributed by atoms with Gasteiger partial charge < -0.3 is 19.7 Å². The third kappa shape index (κ3) is 6.76. The summed E-state index contributed by atoms with van der Waals surface area (Å²) < 4.78 is 62.2. The summed E-state index contributed by atoms with van der Waals surface area (Å²) in [6.07, 6.45) is -9.63. The number of rotatable bonds is 12. The monoisotopic (exact) mass is 555 g/mol. The molecule has 0 aliphatic heterocycles. The smallest absolute Gasteiger partial charge is 0.461 e. The number of aromatic nitrogens is 1. The fourth-order valence-electron chi connectivity index (χ4n) is 4.29. The van der Waals surface area contributed by atoms with E-state index in [4.69, 9.17) is 4.74 Å². The van der Waals surface area contributed by atoms with Gasteiger partial charge in [-0.1, -0.05) is 60.7 Å². The number of aliphatic hydroxyl groups excluding tert-OH is 1. The summed E-state index contributed by atoms with van der Waals surface area (Å²) in [7, 11) is 0. The molecule has 1 heterocycles. The predicted molar refractivity (Wildman–Crippen MR) is 138 cm³/mol. The summed E-state index contributed by atoms with van der Waals surface area (Å²) in [6, 6.07) is 25.3. The second-order valence-electron chi connectivity index (χ2n) is 9.15. The fraction of sp³-hybridized carbons (Fsp3) is 0.200. The zero-order valence-corrected chi connectivity index (χ0v) is 21.0. The Labute approximate surface area is 227 Å². The molecule has 10 heteroatoms. The zero-order chi connectivity index (χ0) is 28.8. The molecule has 4 aromatic rings. The number of carboxylic acid groups (broad SMARTS) is 1. The molecule has 4 rings (SSSR count). The summed E-state index contributed by atoms with van der Waals surface area (Å²) >= 11 is 0. The quantitative estimate of drug-likeness (QED) is 0.189. The molecule has 208 valence electrons. The van der Waals surface area contributed by atoms with Gasteiger partial charge in [-0.05, 0) is 60.4 Å². The van der Waals surface area contributed by atoms with E-state index in [1.165, 1.54) is 30.5 Å². The number of benzene rings is 3. The zero-order valence-electron chi connectivity index (χ0n) is 21.0. The summed E-state index contributed by atoms with van der Waals surface area (Å²) in [5.41, 5.74) is -1.14. The van der Waals surface area contributed by atoms with Crippen LogP contribution >= 0.6 is 0 Å². The van der Waals surface area contributed by atoms with Crippen LogP contribution in [0.1, 0.15) is 22.9 Å². The van der Waals surface area contributed by atoms with E-state index in [0.29, 0.717) is 17.1 Å². The number of carboxylic acids is 1. The van der Waals surface area contributed by atoms with E-state index < -0.39 is 35.8 Å². The van der Waals surface area contributed by atoms with Gasteiger partial charge >= 0.3 is 18.5 Å². The molecule has 0 aliphatic carbocycles. The molecule has 2 atom stereocenters. The Morgan fingerprint density at radius 2 is 1.40 bits per heavy atom. The second-order valence-corrected chi connectivity index (χ2v) is 9.15. The van der Waals surface area contributed by atoms with Gasteiger partial charge in [0.05, 0.1) is 11.9 Å². The number of alkyl halides is 4. The largest absolute Gasteiger partial charge is 0.481 e. The standard InChI is InChI=1S/C30H25F4NO5/c31-27(32)30(33,34)40-23-13-7-10-21(16-23)18-29(28(37)38,17-20-8-3-1-4-9-20)26(36)25-15-14-24(19-35-25)39-22-11-5-2-6-12-22/h1-16,19,26-27,36H,17-18H2,(H,37,38). The van der Waals surface area contributed by atoms with Crippen molar-refractivity contribution in [1.82, 2.24) is 4.98 Å². The predicted octanol–water partition coefficient (Wildman–Crippen LogP) is 6.70. The molecule has 0 fully saturated rings. The molecule has 0 saturated carbocycles. The number of nitrogens with zero attached hydrogens (tertiary/aromatic N) is 1. The molecule has 0 saturated heterocycles. The first kappa shape index (κ1) is 28.6. The number of hydrogen-bond acceptors (Lipinski definition) is 5. The maximum Gasteiger partial charge on any atom is 0.461 e. The minimum Gasteiger partial charge on any atom is -0.481 e. The van der Waals surface area contributed by atoms with Crippen LogP contribution in [0.3, 0.4) is 0 Å². The highest BCUT2D eigenvalue weighted by Gasteiger charge is 2.47. The molecular weight excluding hydrogens is 530 g/mol. The minimum atomic E-state index is -4.74. The van der Waals surface area contributed by atoms with Crippen molar-refractivity contribution < 1.29 is 42.0 Å². The molecule has 2 N–H and O–H groups in total. The molecular formula is C30H25F4NO5. The topological polar surface area (TPSA) is 88.9 Å². The summed E-state index contributed by atoms with van der Waals surface area (Å²) in [6.45, 7) is 0. The lowest BCUT2D eigenvalue weighted by molar-refractivity contribution is -0.253. The van der Waals surface area contributed by atoms with Gasteiger partial charge in [-0.15, -0.1) is 0 Å². The Morgan fingerprint density at radius 1 is 0.800 bits per heavy atom. The van der Waals surface area contributed by atoms with E-state index in [2.05, 4.69) is 9.72 Å². The van der Waals surface area contributed by atoms with Gasteiger partial charge in [0.15, 0.2) is 0 Å². The van der Waals surface area contributed by atoms with Gasteiger partial charge in [-0.2, -0.15) is 17.6 Å². The summed E-state index contributed by atoms with van der Waals surface area (Å²) in [5, 5.41) is 22.0. The van der Waals surface area contributed by atoms with E-state index >= 15 is 0 Å². The van der Waals surface area contributed by atoms with Crippen LogP contribution in [-0.2, 0) is 17.6 Å². The number of pyridine rings is 1. The third-order valence-corrected chi connectivity index (χ3v) is 6.26. The van der Waals surface area contributed by atoms with Crippen LogP contribution in [0.4, 0.5) is 17.6 Å². The second kappa shape index (κ2) is 12.2. The number of para-hydroxylation sites is 1. The number of aliphatic hydroxyl groups is 1. The Morgan fingerprint density at radius 3 is 2.00 bits per heavy atom. The lowest BCUT2D eigenvalue weighted by atomic mass is 9.71. The number of carbonyl (C=O) groups is 1. The van der Waals surface area contributed by atoms with Crippen LogP contribution in [-0.4, -0.2) is 33.7 Å². The van der Waals surface area contributed by atoms with E-state index in [0.717, 1.165) is 12.1 Å². The summed E-state index contributed by atoms with van der Waals surface area (Å²) in [5.74, 6) is -1.03. The molecule has 0 spiro atoms. The lowest BCUT2D eigenvalue weighted by Crippen LogP contribution is -2.42. The molecule has 6 nitrogen and oxygen atoms in total. The van der Waals surface area contributed by atoms with Gasteiger partial charge in [0.2, 0.25) is 0 Å². The van der Waals surface area contributed by atoms with E-state index in [9.17, 15) is 32.6 Å². The Kier molecular flexibility index (Phi) is 8.69. The first-order valence-corrected chi connectivity index (χ1v) is 12.2. The van der Waals surface area contributed by atoms with Gasteiger partial charge in [0.1, 0.15) is 28.8 Å². The van der Waals surface area contributed by atoms with Crippen LogP contribution in [0.25, 0.3) is 0 Å². The van der Waals surface area contributed by atoms with Crippen molar-refractivity contribution in [3.8, 4) is 17.2 Å². The van der Waals surface area contributed by atoms with Gasteiger partial charge in [-0.25, -0.2) is 0 Å². The molecule has 2 unspecified atom stereocenters. The number of hydrogen-bond donors (Lipinski definition) is 2. The molecule has 40 heavy (non-hydrogen) atoms. The number of aliphatic carboxylic acids is 1. The first-order valence-electron chi connectivity index (χ1n) is 12.2. The average molecular weight is 556 g/mol. The lowest BCUT2D eigenvalue weighted by Gasteiger charge is -2.34. The Bertz CT molecular complexity index is 1400. The molecule has 0 bridgehead atoms. The SMILES string of the molecule is O=C(O)C(Cc1ccccc1)(Cc1cccc(OC(F)(F)C(F)F)c1)C(O)c1ccc(Oc2ccccc2)cn1. The highest BCUT2D eigenvalue weighted by Crippen LogP contribution is 2.41. The van der Waals surface area contributed by atoms with Crippen molar-refractivity contribution >= 4 is 5.97 Å². The molecule has 0 radical (unpaired) electrons. The molecule has 0 aliphatic rings. The van der Waals surface area contributed by atoms with Crippen molar-refractivity contribution in [3.05, 3.63) is 120 Å². The summed E-state index contributed by atoms with van der Waals surface area (Å²) in [4.78, 5) is 17.1. The maximum atomic E-state index is 13.5. The molecule has 0 amide bonds. The van der Waals surface area contributed by atoms with Crippen LogP contribution in [0.15, 0.2) is 103 Å². The van der Waals surface area contributed by atoms with Gasteiger partial charge in [0, 0.05) is 0 Å². The number of ether oxygens (including phenoxy) is 2. The maximum absolute atomic E-state index is 13.5. The Balaban J connectivity index is 1.68. The van der Waals surface area contributed by atoms with E-state index in [-0.39, 0.29) is 24.1 Å². The van der Waals surface area contributed by atoms with E-state index in [1.807, 2.05) is 6.07 Å². The third-order valence-electron chi connectivity index (χ3n) is 6.26. The highest BCUT2D eigenvalue weighted by molar-refractivity contribution is 5.77. The van der Waals surface area contributed by atoms with Crippen LogP contribution < -0.4 is 9.47 Å². The fourth-order valence-corrected chi connectivity index (χ4v) is 4.29. The van der Waals surface area contributed by atoms with Crippen LogP contribution in [0, 0.1) is 5.41 Å². The highest BCUT2D eigenvalue weighted by atomic mass is 19.3. The van der Waals surface area contributed by atoms with Crippen molar-refractivity contribution in [3.63, 3.8) is 0 Å². The van der Waals surface area contributed by atoms with Gasteiger partial charge in [-0.3, -0.25) is 9.78 Å². The number of halogens is 4. The van der Waals surface area contributed by atoms with Crippen LogP contribution in [0.5, 0.6) is 17.2 Å². The molecule has 1 aromatic heterocycles. The van der Waals surface area contributed by atoms with Crippen LogP contribution in [0.2, 0.25) is 0 Å². The van der Waals surface area contributed by atoms with Crippen molar-refractivity contribution in [2.24, 2.45) is 5.41 Å².